The van der Waals surface area contributed by atoms with E-state index in [-0.39, 0.29) is 12.1 Å². The van der Waals surface area contributed by atoms with E-state index in [1.165, 1.54) is 7.11 Å². The highest BCUT2D eigenvalue weighted by atomic mass is 79.9. The monoisotopic (exact) mass is 300 g/mol. The highest BCUT2D eigenvalue weighted by molar-refractivity contribution is 9.10. The van der Waals surface area contributed by atoms with E-state index >= 15 is 0 Å². The van der Waals surface area contributed by atoms with Gasteiger partial charge < -0.3 is 9.15 Å². The van der Waals surface area contributed by atoms with E-state index in [0.717, 1.165) is 4.68 Å². The molecule has 2 rings (SSSR count). The van der Waals surface area contributed by atoms with Crippen molar-refractivity contribution in [2.45, 2.75) is 13.5 Å². The fourth-order valence-corrected chi connectivity index (χ4v) is 1.88. The molecule has 6 nitrogen and oxygen atoms in total. The molecule has 0 spiro atoms. The van der Waals surface area contributed by atoms with E-state index in [0.29, 0.717) is 21.3 Å². The summed E-state index contributed by atoms with van der Waals surface area (Å²) in [5, 5.41) is 4.37. The summed E-state index contributed by atoms with van der Waals surface area (Å²) in [4.78, 5) is 23.1. The summed E-state index contributed by atoms with van der Waals surface area (Å²) in [6, 6.07) is 1.56. The zero-order valence-corrected chi connectivity index (χ0v) is 10.8. The Morgan fingerprint density at radius 2 is 2.35 bits per heavy atom. The van der Waals surface area contributed by atoms with Gasteiger partial charge in [0.05, 0.1) is 12.5 Å². The van der Waals surface area contributed by atoms with Crippen molar-refractivity contribution in [1.82, 2.24) is 9.78 Å². The highest BCUT2D eigenvalue weighted by Gasteiger charge is 2.14. The van der Waals surface area contributed by atoms with Crippen LogP contribution in [0.5, 0.6) is 0 Å². The zero-order chi connectivity index (χ0) is 12.6. The summed E-state index contributed by atoms with van der Waals surface area (Å²) >= 11 is 3.15. The van der Waals surface area contributed by atoms with Crippen LogP contribution in [0, 0.1) is 6.92 Å². The van der Waals surface area contributed by atoms with Gasteiger partial charge in [-0.25, -0.2) is 4.68 Å². The fourth-order valence-electron chi connectivity index (χ4n) is 1.49. The largest absolute Gasteiger partial charge is 0.468 e. The molecule has 2 aromatic heterocycles. The lowest BCUT2D eigenvalue weighted by Crippen LogP contribution is -2.27. The first-order valence-electron chi connectivity index (χ1n) is 4.76. The number of hydrogen-bond acceptors (Lipinski definition) is 5. The maximum atomic E-state index is 12.0. The number of esters is 1. The van der Waals surface area contributed by atoms with Gasteiger partial charge in [0.25, 0.3) is 5.56 Å². The Balaban J connectivity index is 2.62. The summed E-state index contributed by atoms with van der Waals surface area (Å²) in [5.74, 6) is -0.527. The number of aromatic nitrogens is 2. The van der Waals surface area contributed by atoms with Gasteiger partial charge in [-0.05, 0) is 22.9 Å². The third kappa shape index (κ3) is 2.10. The van der Waals surface area contributed by atoms with Gasteiger partial charge >= 0.3 is 5.97 Å². The lowest BCUT2D eigenvalue weighted by atomic mass is 10.3. The Labute approximate surface area is 104 Å². The number of fused-ring (bicyclic) bond motifs is 1. The molecule has 0 fully saturated rings. The van der Waals surface area contributed by atoms with E-state index in [1.807, 2.05) is 0 Å². The highest BCUT2D eigenvalue weighted by Crippen LogP contribution is 2.22. The van der Waals surface area contributed by atoms with Crippen molar-refractivity contribution < 1.29 is 13.9 Å². The minimum atomic E-state index is -0.527. The fraction of sp³-hybridized carbons (Fsp3) is 0.300. The molecular formula is C10H9BrN2O4. The van der Waals surface area contributed by atoms with Crippen LogP contribution in [0.15, 0.2) is 19.9 Å². The van der Waals surface area contributed by atoms with Gasteiger partial charge in [-0.15, -0.1) is 0 Å². The van der Waals surface area contributed by atoms with Crippen molar-refractivity contribution in [1.29, 1.82) is 0 Å². The van der Waals surface area contributed by atoms with Crippen molar-refractivity contribution in [3.63, 3.8) is 0 Å². The molecule has 0 aliphatic rings. The third-order valence-electron chi connectivity index (χ3n) is 2.27. The van der Waals surface area contributed by atoms with E-state index in [9.17, 15) is 9.59 Å². The molecule has 0 amide bonds. The predicted octanol–water partition coefficient (Wildman–Crippen LogP) is 1.23. The lowest BCUT2D eigenvalue weighted by molar-refractivity contribution is -0.141. The van der Waals surface area contributed by atoms with Crippen molar-refractivity contribution in [3.8, 4) is 0 Å². The zero-order valence-electron chi connectivity index (χ0n) is 9.19. The molecule has 0 saturated heterocycles. The predicted molar refractivity (Wildman–Crippen MR) is 62.7 cm³/mol. The number of methoxy groups -OCH3 is 1. The van der Waals surface area contributed by atoms with Crippen LogP contribution in [0.2, 0.25) is 0 Å². The summed E-state index contributed by atoms with van der Waals surface area (Å²) in [7, 11) is 1.26. The molecule has 0 N–H and O–H groups in total. The van der Waals surface area contributed by atoms with Crippen LogP contribution in [0.3, 0.4) is 0 Å². The van der Waals surface area contributed by atoms with Gasteiger partial charge in [-0.2, -0.15) is 5.10 Å². The first-order chi connectivity index (χ1) is 8.02. The van der Waals surface area contributed by atoms with Crippen LogP contribution >= 0.6 is 15.9 Å². The Hall–Kier alpha value is -1.63. The number of rotatable bonds is 2. The number of furan rings is 1. The molecule has 0 aromatic carbocycles. The lowest BCUT2D eigenvalue weighted by Gasteiger charge is -2.04. The molecule has 90 valence electrons. The summed E-state index contributed by atoms with van der Waals surface area (Å²) in [5.41, 5.74) is 0.572. The molecule has 0 bridgehead atoms. The summed E-state index contributed by atoms with van der Waals surface area (Å²) in [6.07, 6.45) is 0. The van der Waals surface area contributed by atoms with E-state index < -0.39 is 5.97 Å². The molecule has 0 aliphatic heterocycles. The average molecular weight is 301 g/mol. The van der Waals surface area contributed by atoms with Crippen molar-refractivity contribution >= 4 is 32.9 Å². The number of ether oxygens (including phenoxy) is 1. The second-order valence-corrected chi connectivity index (χ2v) is 4.20. The van der Waals surface area contributed by atoms with Gasteiger partial charge in [0, 0.05) is 6.07 Å². The topological polar surface area (TPSA) is 74.3 Å². The number of halogens is 1. The van der Waals surface area contributed by atoms with Gasteiger partial charge in [0.15, 0.2) is 10.3 Å². The standard InChI is InChI=1S/C10H9BrN2O4/c1-5-9-6(3-7(11)17-9)10(15)13(12-5)4-8(14)16-2/h3H,4H2,1-2H3. The number of carbonyl (C=O) groups excluding carboxylic acids is 1. The third-order valence-corrected chi connectivity index (χ3v) is 2.66. The number of carbonyl (C=O) groups is 1. The Morgan fingerprint density at radius 3 is 3.00 bits per heavy atom. The van der Waals surface area contributed by atoms with Gasteiger partial charge in [0.2, 0.25) is 0 Å². The molecule has 0 aliphatic carbocycles. The maximum Gasteiger partial charge on any atom is 0.327 e. The van der Waals surface area contributed by atoms with Crippen LogP contribution in [0.4, 0.5) is 0 Å². The number of nitrogens with zero attached hydrogens (tertiary/aromatic N) is 2. The first kappa shape index (κ1) is 11.8. The molecule has 0 unspecified atom stereocenters. The molecule has 0 saturated carbocycles. The SMILES string of the molecule is COC(=O)Cn1nc(C)c2oc(Br)cc2c1=O. The second kappa shape index (κ2) is 4.33. The quantitative estimate of drug-likeness (QED) is 0.780. The molecule has 0 radical (unpaired) electrons. The van der Waals surface area contributed by atoms with Crippen molar-refractivity contribution in [2.75, 3.05) is 7.11 Å². The normalized spacial score (nSPS) is 10.8. The van der Waals surface area contributed by atoms with Crippen LogP contribution in [0.25, 0.3) is 11.0 Å². The Bertz CT molecular complexity index is 644. The van der Waals surface area contributed by atoms with Crippen molar-refractivity contribution in [2.24, 2.45) is 0 Å². The summed E-state index contributed by atoms with van der Waals surface area (Å²) < 4.78 is 11.3. The molecule has 2 aromatic rings. The minimum Gasteiger partial charge on any atom is -0.468 e. The average Bonchev–Trinajstić information content (AvgIpc) is 2.68. The molecular weight excluding hydrogens is 292 g/mol. The molecule has 7 heteroatoms. The van der Waals surface area contributed by atoms with Crippen LogP contribution in [-0.4, -0.2) is 22.9 Å². The minimum absolute atomic E-state index is 0.213. The van der Waals surface area contributed by atoms with Gasteiger partial charge in [-0.1, -0.05) is 0 Å². The molecule has 17 heavy (non-hydrogen) atoms. The first-order valence-corrected chi connectivity index (χ1v) is 5.56. The van der Waals surface area contributed by atoms with Crippen LogP contribution in [-0.2, 0) is 16.1 Å². The van der Waals surface area contributed by atoms with Gasteiger partial charge in [-0.3, -0.25) is 9.59 Å². The Morgan fingerprint density at radius 1 is 1.65 bits per heavy atom. The van der Waals surface area contributed by atoms with Crippen LogP contribution in [0.1, 0.15) is 5.69 Å². The smallest absolute Gasteiger partial charge is 0.327 e. The summed E-state index contributed by atoms with van der Waals surface area (Å²) in [6.45, 7) is 1.49. The second-order valence-electron chi connectivity index (χ2n) is 3.42. The number of hydrogen-bond donors (Lipinski definition) is 0. The van der Waals surface area contributed by atoms with Crippen LogP contribution < -0.4 is 5.56 Å². The van der Waals surface area contributed by atoms with Crippen molar-refractivity contribution in [3.05, 3.63) is 26.8 Å². The van der Waals surface area contributed by atoms with E-state index in [4.69, 9.17) is 4.42 Å². The van der Waals surface area contributed by atoms with E-state index in [2.05, 4.69) is 25.8 Å². The molecule has 2 heterocycles. The van der Waals surface area contributed by atoms with E-state index in [1.54, 1.807) is 13.0 Å². The van der Waals surface area contributed by atoms with Gasteiger partial charge in [0.1, 0.15) is 12.2 Å². The molecule has 0 atom stereocenters. The Kier molecular flexibility index (Phi) is 3.01. The number of aryl methyl sites for hydroxylation is 1. The maximum absolute atomic E-state index is 12.0.